The van der Waals surface area contributed by atoms with Crippen LogP contribution < -0.4 is 16.0 Å². The normalized spacial score (nSPS) is 11.6. The third-order valence-corrected chi connectivity index (χ3v) is 5.73. The van der Waals surface area contributed by atoms with Crippen LogP contribution in [0.4, 0.5) is 10.1 Å². The molecule has 0 fully saturated rings. The molecule has 0 spiro atoms. The van der Waals surface area contributed by atoms with Crippen molar-refractivity contribution in [2.24, 2.45) is 7.05 Å². The smallest absolute Gasteiger partial charge is 0.255 e. The molecule has 35 heavy (non-hydrogen) atoms. The molecule has 1 aromatic heterocycles. The number of halogens is 2. The standard InChI is InChI=1S/C25H27ClFN5O3/c1-5-23-20(12-29-32(23)4)25(35)31-22(17-8-18(26)11-19(27)9-17)13-28-24(34)16-7-6-14(2)21(10-16)30-15(3)33/h6-12,22H,5,13H2,1-4H3,(H,28,34)(H,30,33)(H,31,35). The number of carbonyl (C=O) groups is 3. The fourth-order valence-electron chi connectivity index (χ4n) is 3.72. The fraction of sp³-hybridized carbons (Fsp3) is 0.280. The Labute approximate surface area is 207 Å². The molecule has 0 aliphatic rings. The van der Waals surface area contributed by atoms with Gasteiger partial charge in [0.15, 0.2) is 0 Å². The van der Waals surface area contributed by atoms with Crippen molar-refractivity contribution in [1.82, 2.24) is 20.4 Å². The molecule has 1 unspecified atom stereocenters. The molecule has 184 valence electrons. The van der Waals surface area contributed by atoms with Crippen LogP contribution in [-0.2, 0) is 18.3 Å². The number of nitrogens with one attached hydrogen (secondary N) is 3. The van der Waals surface area contributed by atoms with E-state index in [1.54, 1.807) is 29.9 Å². The van der Waals surface area contributed by atoms with Crippen molar-refractivity contribution < 1.29 is 18.8 Å². The molecule has 2 aromatic carbocycles. The number of carbonyl (C=O) groups excluding carboxylic acids is 3. The molecule has 0 radical (unpaired) electrons. The summed E-state index contributed by atoms with van der Waals surface area (Å²) in [5.41, 5.74) is 3.19. The van der Waals surface area contributed by atoms with Crippen LogP contribution in [0.3, 0.4) is 0 Å². The van der Waals surface area contributed by atoms with Crippen molar-refractivity contribution in [3.63, 3.8) is 0 Å². The predicted octanol–water partition coefficient (Wildman–Crippen LogP) is 3.94. The number of rotatable bonds is 8. The second kappa shape index (κ2) is 11.1. The van der Waals surface area contributed by atoms with Gasteiger partial charge in [-0.25, -0.2) is 4.39 Å². The van der Waals surface area contributed by atoms with E-state index in [1.807, 2.05) is 13.8 Å². The monoisotopic (exact) mass is 499 g/mol. The van der Waals surface area contributed by atoms with Crippen molar-refractivity contribution in [2.75, 3.05) is 11.9 Å². The number of benzene rings is 2. The average molecular weight is 500 g/mol. The molecule has 10 heteroatoms. The molecular formula is C25H27ClFN5O3. The maximum atomic E-state index is 14.1. The van der Waals surface area contributed by atoms with Gasteiger partial charge in [-0.3, -0.25) is 19.1 Å². The summed E-state index contributed by atoms with van der Waals surface area (Å²) in [4.78, 5) is 37.4. The van der Waals surface area contributed by atoms with E-state index in [-0.39, 0.29) is 17.5 Å². The molecule has 0 saturated carbocycles. The van der Waals surface area contributed by atoms with Gasteiger partial charge >= 0.3 is 0 Å². The Kier molecular flexibility index (Phi) is 8.24. The Hall–Kier alpha value is -3.72. The second-order valence-corrected chi connectivity index (χ2v) is 8.57. The topological polar surface area (TPSA) is 105 Å². The van der Waals surface area contributed by atoms with Crippen LogP contribution in [0.5, 0.6) is 0 Å². The minimum Gasteiger partial charge on any atom is -0.350 e. The van der Waals surface area contributed by atoms with Crippen molar-refractivity contribution in [3.05, 3.63) is 81.4 Å². The summed E-state index contributed by atoms with van der Waals surface area (Å²) in [5, 5.41) is 12.6. The molecule has 0 aliphatic heterocycles. The summed E-state index contributed by atoms with van der Waals surface area (Å²) in [5.74, 6) is -1.64. The van der Waals surface area contributed by atoms with Gasteiger partial charge in [0.2, 0.25) is 5.91 Å². The van der Waals surface area contributed by atoms with E-state index >= 15 is 0 Å². The summed E-state index contributed by atoms with van der Waals surface area (Å²) >= 11 is 6.04. The van der Waals surface area contributed by atoms with E-state index in [0.717, 1.165) is 17.3 Å². The van der Waals surface area contributed by atoms with Crippen molar-refractivity contribution in [2.45, 2.75) is 33.2 Å². The molecule has 1 atom stereocenters. The first-order valence-corrected chi connectivity index (χ1v) is 11.4. The first kappa shape index (κ1) is 25.9. The van der Waals surface area contributed by atoms with E-state index in [4.69, 9.17) is 11.6 Å². The van der Waals surface area contributed by atoms with E-state index in [9.17, 15) is 18.8 Å². The van der Waals surface area contributed by atoms with Crippen LogP contribution >= 0.6 is 11.6 Å². The highest BCUT2D eigenvalue weighted by molar-refractivity contribution is 6.30. The Balaban J connectivity index is 1.84. The summed E-state index contributed by atoms with van der Waals surface area (Å²) < 4.78 is 15.7. The Bertz CT molecular complexity index is 1250. The molecule has 0 saturated heterocycles. The predicted molar refractivity (Wildman–Crippen MR) is 132 cm³/mol. The lowest BCUT2D eigenvalue weighted by molar-refractivity contribution is -0.114. The highest BCUT2D eigenvalue weighted by Gasteiger charge is 2.22. The van der Waals surface area contributed by atoms with Gasteiger partial charge in [-0.2, -0.15) is 5.10 Å². The Morgan fingerprint density at radius 2 is 1.89 bits per heavy atom. The lowest BCUT2D eigenvalue weighted by Crippen LogP contribution is -2.38. The van der Waals surface area contributed by atoms with E-state index < -0.39 is 23.7 Å². The lowest BCUT2D eigenvalue weighted by atomic mass is 10.0. The maximum Gasteiger partial charge on any atom is 0.255 e. The number of hydrogen-bond acceptors (Lipinski definition) is 4. The zero-order chi connectivity index (χ0) is 25.7. The van der Waals surface area contributed by atoms with Crippen LogP contribution in [-0.4, -0.2) is 34.0 Å². The molecule has 0 aliphatic carbocycles. The summed E-state index contributed by atoms with van der Waals surface area (Å²) in [6.07, 6.45) is 2.06. The number of aromatic nitrogens is 2. The third-order valence-electron chi connectivity index (χ3n) is 5.51. The largest absolute Gasteiger partial charge is 0.350 e. The molecule has 3 amide bonds. The van der Waals surface area contributed by atoms with Crippen LogP contribution in [0.15, 0.2) is 42.6 Å². The van der Waals surface area contributed by atoms with Crippen molar-refractivity contribution in [1.29, 1.82) is 0 Å². The van der Waals surface area contributed by atoms with Crippen LogP contribution in [0, 0.1) is 12.7 Å². The second-order valence-electron chi connectivity index (χ2n) is 8.13. The average Bonchev–Trinajstić information content (AvgIpc) is 3.17. The van der Waals surface area contributed by atoms with Gasteiger partial charge in [-0.15, -0.1) is 0 Å². The molecule has 0 bridgehead atoms. The number of aryl methyl sites for hydroxylation is 2. The summed E-state index contributed by atoms with van der Waals surface area (Å²) in [6.45, 7) is 5.08. The quantitative estimate of drug-likeness (QED) is 0.436. The molecule has 3 N–H and O–H groups in total. The molecule has 8 nitrogen and oxygen atoms in total. The van der Waals surface area contributed by atoms with E-state index in [0.29, 0.717) is 28.8 Å². The number of hydrogen-bond donors (Lipinski definition) is 3. The van der Waals surface area contributed by atoms with E-state index in [1.165, 1.54) is 25.3 Å². The van der Waals surface area contributed by atoms with Gasteiger partial charge in [0.1, 0.15) is 5.82 Å². The van der Waals surface area contributed by atoms with Gasteiger partial charge in [-0.05, 0) is 54.8 Å². The van der Waals surface area contributed by atoms with Crippen LogP contribution in [0.25, 0.3) is 0 Å². The SMILES string of the molecule is CCc1c(C(=O)NC(CNC(=O)c2ccc(C)c(NC(C)=O)c2)c2cc(F)cc(Cl)c2)cnn1C. The molecular weight excluding hydrogens is 473 g/mol. The summed E-state index contributed by atoms with van der Waals surface area (Å²) in [6, 6.07) is 8.10. The Morgan fingerprint density at radius 1 is 1.14 bits per heavy atom. The first-order chi connectivity index (χ1) is 16.6. The Morgan fingerprint density at radius 3 is 2.54 bits per heavy atom. The van der Waals surface area contributed by atoms with E-state index in [2.05, 4.69) is 21.0 Å². The zero-order valence-corrected chi connectivity index (χ0v) is 20.7. The van der Waals surface area contributed by atoms with Crippen molar-refractivity contribution in [3.8, 4) is 0 Å². The first-order valence-electron chi connectivity index (χ1n) is 11.0. The van der Waals surface area contributed by atoms with Crippen molar-refractivity contribution >= 4 is 35.0 Å². The molecule has 1 heterocycles. The number of amides is 3. The minimum atomic E-state index is -0.773. The van der Waals surface area contributed by atoms with Gasteiger partial charge in [0.25, 0.3) is 11.8 Å². The highest BCUT2D eigenvalue weighted by Crippen LogP contribution is 2.22. The molecule has 3 aromatic rings. The maximum absolute atomic E-state index is 14.1. The van der Waals surface area contributed by atoms with Crippen LogP contribution in [0.1, 0.15) is 57.4 Å². The van der Waals surface area contributed by atoms with Gasteiger partial charge < -0.3 is 16.0 Å². The van der Waals surface area contributed by atoms with Gasteiger partial charge in [0.05, 0.1) is 23.5 Å². The number of anilines is 1. The van der Waals surface area contributed by atoms with Crippen LogP contribution in [0.2, 0.25) is 5.02 Å². The van der Waals surface area contributed by atoms with Gasteiger partial charge in [-0.1, -0.05) is 24.6 Å². The number of nitrogens with zero attached hydrogens (tertiary/aromatic N) is 2. The lowest BCUT2D eigenvalue weighted by Gasteiger charge is -2.21. The molecule has 3 rings (SSSR count). The minimum absolute atomic E-state index is 0.0323. The van der Waals surface area contributed by atoms with Gasteiger partial charge in [0, 0.05) is 36.8 Å². The fourth-order valence-corrected chi connectivity index (χ4v) is 3.95. The highest BCUT2D eigenvalue weighted by atomic mass is 35.5. The summed E-state index contributed by atoms with van der Waals surface area (Å²) in [7, 11) is 1.75. The zero-order valence-electron chi connectivity index (χ0n) is 19.9. The third kappa shape index (κ3) is 6.45.